The van der Waals surface area contributed by atoms with Gasteiger partial charge < -0.3 is 64.4 Å². The van der Waals surface area contributed by atoms with Gasteiger partial charge in [0, 0.05) is 37.3 Å². The van der Waals surface area contributed by atoms with Crippen molar-refractivity contribution in [1.82, 2.24) is 42.1 Å². The average Bonchev–Trinajstić information content (AvgIpc) is 3.77. The number of thiocarbonyl (C=S) groups is 1. The second-order valence-corrected chi connectivity index (χ2v) is 20.3. The number of amides is 10. The summed E-state index contributed by atoms with van der Waals surface area (Å²) in [5.74, 6) is -8.41. The Balaban J connectivity index is 2.02. The quantitative estimate of drug-likeness (QED) is 0.0610. The number of hydrogen-bond acceptors (Lipinski definition) is 14. The standard InChI is InChI=1S/C43H65N11O11S3/c1-5-23(4)36-42(64)49-26(12-13-32(44)56)38(60)50-29(19-33(45)57)39(61)52-30(21-68-67-16-14-35(58)48-28(40(62)53-36)18-24-8-10-25(55)11-9-24)43(65)54-15-6-7-31(54)41(63)51-27(17-22(2)3)37(59)47-20-34(46)66/h8-11,22-23,26-31,36,55H,5-7,12-21H2,1-4H3,(H2,44,56)(H2,45,57)(H2,46,66)(H,47,59)(H,48,58)(H,49,64)(H,50,60)(H,51,63)(H,52,61)(H,53,62)/t23-,26-,27-,28-,29-,30-,31-,36-/m0/s1. The number of phenolic OH excluding ortho intramolecular Hbond substituents is 1. The first kappa shape index (κ1) is 56.6. The highest BCUT2D eigenvalue weighted by Gasteiger charge is 2.41. The van der Waals surface area contributed by atoms with Crippen LogP contribution in [0.25, 0.3) is 0 Å². The molecule has 376 valence electrons. The number of phenols is 1. The Bertz CT molecular complexity index is 2010. The van der Waals surface area contributed by atoms with Gasteiger partial charge in [0.2, 0.25) is 59.1 Å². The number of aromatic hydroxyl groups is 1. The molecular weight excluding hydrogens is 943 g/mol. The van der Waals surface area contributed by atoms with E-state index >= 15 is 0 Å². The molecule has 0 aliphatic carbocycles. The molecule has 0 spiro atoms. The van der Waals surface area contributed by atoms with Crippen LogP contribution in [0.1, 0.15) is 84.6 Å². The Morgan fingerprint density at radius 2 is 1.50 bits per heavy atom. The van der Waals surface area contributed by atoms with E-state index in [4.69, 9.17) is 29.4 Å². The highest BCUT2D eigenvalue weighted by atomic mass is 33.1. The molecular formula is C43H65N11O11S3. The van der Waals surface area contributed by atoms with Gasteiger partial charge in [-0.3, -0.25) is 47.9 Å². The van der Waals surface area contributed by atoms with E-state index < -0.39 is 120 Å². The maximum Gasteiger partial charge on any atom is 0.246 e. The van der Waals surface area contributed by atoms with Gasteiger partial charge in [-0.25, -0.2) is 0 Å². The summed E-state index contributed by atoms with van der Waals surface area (Å²) in [5.41, 5.74) is 17.1. The number of rotatable bonds is 17. The lowest BCUT2D eigenvalue weighted by molar-refractivity contribution is -0.142. The molecule has 25 heteroatoms. The SMILES string of the molecule is CC[C@H](C)[C@@H]1NC(=O)[C@H](Cc2ccc(O)cc2)NC(=O)CCSSC[C@@H](C(=O)N2CCC[C@H]2C(=O)N[C@@H](CC(C)C)C(=O)NCC(N)=S)NC(=O)[C@H](CC(N)=O)NC(=O)[C@H](CCC(N)=O)NC1=O. The molecule has 2 fully saturated rings. The molecule has 0 radical (unpaired) electrons. The zero-order chi connectivity index (χ0) is 50.7. The maximum absolute atomic E-state index is 14.5. The van der Waals surface area contributed by atoms with E-state index in [-0.39, 0.29) is 73.4 Å². The first-order chi connectivity index (χ1) is 32.1. The van der Waals surface area contributed by atoms with Gasteiger partial charge in [-0.2, -0.15) is 0 Å². The van der Waals surface area contributed by atoms with Crippen molar-refractivity contribution in [3.63, 3.8) is 0 Å². The third-order valence-corrected chi connectivity index (χ3v) is 13.7. The Labute approximate surface area is 408 Å². The number of hydrogen-bond donors (Lipinski definition) is 11. The maximum atomic E-state index is 14.5. The number of carbonyl (C=O) groups is 10. The van der Waals surface area contributed by atoms with Crippen molar-refractivity contribution in [2.45, 2.75) is 128 Å². The van der Waals surface area contributed by atoms with Crippen molar-refractivity contribution in [1.29, 1.82) is 0 Å². The number of likely N-dealkylation sites (tertiary alicyclic amines) is 1. The van der Waals surface area contributed by atoms with Crippen LogP contribution in [0.3, 0.4) is 0 Å². The summed E-state index contributed by atoms with van der Waals surface area (Å²) >= 11 is 4.87. The molecule has 0 aromatic heterocycles. The zero-order valence-corrected chi connectivity index (χ0v) is 41.1. The van der Waals surface area contributed by atoms with Crippen molar-refractivity contribution in [2.24, 2.45) is 29.0 Å². The summed E-state index contributed by atoms with van der Waals surface area (Å²) < 4.78 is 0. The van der Waals surface area contributed by atoms with Crippen molar-refractivity contribution >= 4 is 97.9 Å². The molecule has 10 amide bonds. The number of carbonyl (C=O) groups excluding carboxylic acids is 10. The minimum absolute atomic E-state index is 0.0201. The Hall–Kier alpha value is -5.69. The molecule has 0 unspecified atom stereocenters. The summed E-state index contributed by atoms with van der Waals surface area (Å²) in [4.78, 5) is 137. The van der Waals surface area contributed by atoms with E-state index in [1.165, 1.54) is 27.8 Å². The smallest absolute Gasteiger partial charge is 0.246 e. The molecule has 2 heterocycles. The first-order valence-electron chi connectivity index (χ1n) is 22.4. The van der Waals surface area contributed by atoms with Crippen molar-refractivity contribution in [3.8, 4) is 5.75 Å². The lowest BCUT2D eigenvalue weighted by atomic mass is 9.96. The van der Waals surface area contributed by atoms with Gasteiger partial charge in [0.25, 0.3) is 0 Å². The van der Waals surface area contributed by atoms with Gasteiger partial charge >= 0.3 is 0 Å². The van der Waals surface area contributed by atoms with Gasteiger partial charge in [0.05, 0.1) is 18.0 Å². The predicted molar refractivity (Wildman–Crippen MR) is 259 cm³/mol. The number of nitrogens with one attached hydrogen (secondary N) is 7. The topological polar surface area (TPSA) is 356 Å². The minimum Gasteiger partial charge on any atom is -0.508 e. The molecule has 2 aliphatic rings. The van der Waals surface area contributed by atoms with Crippen molar-refractivity contribution in [2.75, 3.05) is 24.6 Å². The molecule has 1 aromatic rings. The van der Waals surface area contributed by atoms with Crippen molar-refractivity contribution in [3.05, 3.63) is 29.8 Å². The molecule has 2 saturated heterocycles. The monoisotopic (exact) mass is 1010 g/mol. The van der Waals surface area contributed by atoms with Gasteiger partial charge in [0.15, 0.2) is 0 Å². The van der Waals surface area contributed by atoms with E-state index in [0.29, 0.717) is 18.4 Å². The van der Waals surface area contributed by atoms with Crippen LogP contribution in [-0.4, -0.2) is 141 Å². The van der Waals surface area contributed by atoms with Crippen LogP contribution >= 0.6 is 33.8 Å². The minimum atomic E-state index is -1.71. The third kappa shape index (κ3) is 18.8. The number of primary amides is 2. The van der Waals surface area contributed by atoms with Crippen LogP contribution in [-0.2, 0) is 54.4 Å². The lowest BCUT2D eigenvalue weighted by Crippen LogP contribution is -2.61. The average molecular weight is 1010 g/mol. The van der Waals surface area contributed by atoms with Crippen LogP contribution in [0.4, 0.5) is 0 Å². The Kier molecular flexibility index (Phi) is 23.3. The molecule has 68 heavy (non-hydrogen) atoms. The number of nitrogens with two attached hydrogens (primary N) is 3. The predicted octanol–water partition coefficient (Wildman–Crippen LogP) is -1.75. The molecule has 3 rings (SSSR count). The van der Waals surface area contributed by atoms with Crippen molar-refractivity contribution < 1.29 is 53.1 Å². The van der Waals surface area contributed by atoms with Crippen LogP contribution < -0.4 is 54.4 Å². The molecule has 1 aromatic carbocycles. The van der Waals surface area contributed by atoms with E-state index in [1.54, 1.807) is 26.0 Å². The second-order valence-electron chi connectivity index (χ2n) is 17.1. The van der Waals surface area contributed by atoms with Crippen LogP contribution in [0.15, 0.2) is 24.3 Å². The van der Waals surface area contributed by atoms with E-state index in [0.717, 1.165) is 10.8 Å². The largest absolute Gasteiger partial charge is 0.508 e. The molecule has 0 bridgehead atoms. The molecule has 0 saturated carbocycles. The first-order valence-corrected chi connectivity index (χ1v) is 25.3. The molecule has 22 nitrogen and oxygen atoms in total. The molecule has 2 aliphatic heterocycles. The van der Waals surface area contributed by atoms with E-state index in [1.807, 2.05) is 13.8 Å². The van der Waals surface area contributed by atoms with Crippen LogP contribution in [0, 0.1) is 11.8 Å². The fourth-order valence-electron chi connectivity index (χ4n) is 7.33. The van der Waals surface area contributed by atoms with Crippen LogP contribution in [0.5, 0.6) is 5.75 Å². The van der Waals surface area contributed by atoms with Gasteiger partial charge in [-0.15, -0.1) is 0 Å². The van der Waals surface area contributed by atoms with E-state index in [2.05, 4.69) is 37.2 Å². The molecule has 14 N–H and O–H groups in total. The van der Waals surface area contributed by atoms with Gasteiger partial charge in [0.1, 0.15) is 48.0 Å². The third-order valence-electron chi connectivity index (χ3n) is 11.1. The summed E-state index contributed by atoms with van der Waals surface area (Å²) in [6, 6.07) is -3.21. The fraction of sp³-hybridized carbons (Fsp3) is 0.605. The lowest BCUT2D eigenvalue weighted by Gasteiger charge is -2.31. The summed E-state index contributed by atoms with van der Waals surface area (Å²) in [6.07, 6.45) is -0.445. The van der Waals surface area contributed by atoms with Crippen LogP contribution in [0.2, 0.25) is 0 Å². The highest BCUT2D eigenvalue weighted by Crippen LogP contribution is 2.26. The fourth-order valence-corrected chi connectivity index (χ4v) is 9.54. The molecule has 8 atom stereocenters. The Morgan fingerprint density at radius 3 is 2.12 bits per heavy atom. The zero-order valence-electron chi connectivity index (χ0n) is 38.6. The normalized spacial score (nSPS) is 23.4. The number of benzene rings is 1. The summed E-state index contributed by atoms with van der Waals surface area (Å²) in [6.45, 7) is 7.17. The summed E-state index contributed by atoms with van der Waals surface area (Å²) in [5, 5.41) is 28.2. The van der Waals surface area contributed by atoms with Gasteiger partial charge in [-0.05, 0) is 55.2 Å². The Morgan fingerprint density at radius 1 is 0.853 bits per heavy atom. The highest BCUT2D eigenvalue weighted by molar-refractivity contribution is 8.76. The number of nitrogens with zero attached hydrogens (tertiary/aromatic N) is 1. The summed E-state index contributed by atoms with van der Waals surface area (Å²) in [7, 11) is 2.27. The van der Waals surface area contributed by atoms with Gasteiger partial charge in [-0.1, -0.05) is 80.1 Å². The second kappa shape index (κ2) is 28.0. The van der Waals surface area contributed by atoms with E-state index in [9.17, 15) is 53.1 Å².